The Bertz CT molecular complexity index is 193. The molecule has 3 nitrogen and oxygen atoms in total. The molecule has 1 saturated heterocycles. The topological polar surface area (TPSA) is 29.5 Å². The summed E-state index contributed by atoms with van der Waals surface area (Å²) in [4.78, 5) is 12.9. The van der Waals surface area contributed by atoms with Crippen molar-refractivity contribution < 1.29 is 9.53 Å². The summed E-state index contributed by atoms with van der Waals surface area (Å²) in [7, 11) is 0. The van der Waals surface area contributed by atoms with Gasteiger partial charge in [-0.05, 0) is 10.9 Å². The Kier molecular flexibility index (Phi) is 3.75. The molecule has 0 aromatic rings. The molecule has 12 heavy (non-hydrogen) atoms. The van der Waals surface area contributed by atoms with Crippen molar-refractivity contribution in [2.24, 2.45) is 0 Å². The summed E-state index contributed by atoms with van der Waals surface area (Å²) >= 11 is 3.28. The summed E-state index contributed by atoms with van der Waals surface area (Å²) < 4.78 is 5.77. The molecule has 0 amide bonds. The Labute approximate surface area is 80.5 Å². The molecule has 4 heteroatoms. The van der Waals surface area contributed by atoms with Gasteiger partial charge in [-0.25, -0.2) is 0 Å². The first kappa shape index (κ1) is 9.74. The SMILES string of the molecule is C=C(Br)CCN1CCOC(=O)C1. The van der Waals surface area contributed by atoms with Crippen molar-refractivity contribution in [2.75, 3.05) is 26.2 Å². The molecule has 1 aliphatic heterocycles. The molecule has 0 atom stereocenters. The van der Waals surface area contributed by atoms with Crippen LogP contribution in [0.1, 0.15) is 6.42 Å². The smallest absolute Gasteiger partial charge is 0.320 e. The van der Waals surface area contributed by atoms with Crippen LogP contribution in [0.15, 0.2) is 11.1 Å². The van der Waals surface area contributed by atoms with E-state index >= 15 is 0 Å². The van der Waals surface area contributed by atoms with E-state index in [0.29, 0.717) is 13.2 Å². The average Bonchev–Trinajstić information content (AvgIpc) is 2.01. The maximum Gasteiger partial charge on any atom is 0.320 e. The number of carbonyl (C=O) groups is 1. The van der Waals surface area contributed by atoms with Gasteiger partial charge in [-0.1, -0.05) is 22.5 Å². The molecule has 0 unspecified atom stereocenters. The van der Waals surface area contributed by atoms with Crippen LogP contribution >= 0.6 is 15.9 Å². The lowest BCUT2D eigenvalue weighted by molar-refractivity contribution is -0.150. The van der Waals surface area contributed by atoms with Gasteiger partial charge in [0.1, 0.15) is 6.61 Å². The van der Waals surface area contributed by atoms with E-state index in [9.17, 15) is 4.79 Å². The van der Waals surface area contributed by atoms with Crippen molar-refractivity contribution in [3.63, 3.8) is 0 Å². The van der Waals surface area contributed by atoms with E-state index in [1.165, 1.54) is 0 Å². The molecule has 0 bridgehead atoms. The minimum Gasteiger partial charge on any atom is -0.463 e. The number of carbonyl (C=O) groups excluding carboxylic acids is 1. The molecule has 1 heterocycles. The fourth-order valence-corrected chi connectivity index (χ4v) is 1.24. The van der Waals surface area contributed by atoms with Gasteiger partial charge in [0, 0.05) is 13.1 Å². The maximum atomic E-state index is 10.8. The molecule has 1 rings (SSSR count). The minimum atomic E-state index is -0.124. The number of morpholine rings is 1. The van der Waals surface area contributed by atoms with Crippen LogP contribution < -0.4 is 0 Å². The van der Waals surface area contributed by atoms with Crippen LogP contribution in [0, 0.1) is 0 Å². The van der Waals surface area contributed by atoms with Crippen LogP contribution in [0.3, 0.4) is 0 Å². The fourth-order valence-electron chi connectivity index (χ4n) is 1.07. The third-order valence-electron chi connectivity index (χ3n) is 1.72. The number of cyclic esters (lactones) is 1. The molecule has 0 N–H and O–H groups in total. The van der Waals surface area contributed by atoms with Crippen LogP contribution in [0.5, 0.6) is 0 Å². The maximum absolute atomic E-state index is 10.8. The summed E-state index contributed by atoms with van der Waals surface area (Å²) in [6.07, 6.45) is 0.882. The predicted molar refractivity (Wildman–Crippen MR) is 50.1 cm³/mol. The highest BCUT2D eigenvalue weighted by Gasteiger charge is 2.16. The molecule has 1 aliphatic rings. The van der Waals surface area contributed by atoms with E-state index in [1.54, 1.807) is 0 Å². The highest BCUT2D eigenvalue weighted by Crippen LogP contribution is 2.08. The fraction of sp³-hybridized carbons (Fsp3) is 0.625. The first-order chi connectivity index (χ1) is 5.68. The number of hydrogen-bond donors (Lipinski definition) is 0. The number of ether oxygens (including phenoxy) is 1. The average molecular weight is 234 g/mol. The van der Waals surface area contributed by atoms with Gasteiger partial charge in [-0.3, -0.25) is 9.69 Å². The van der Waals surface area contributed by atoms with Gasteiger partial charge >= 0.3 is 5.97 Å². The second-order valence-corrected chi connectivity index (χ2v) is 3.89. The lowest BCUT2D eigenvalue weighted by Crippen LogP contribution is -2.40. The summed E-state index contributed by atoms with van der Waals surface area (Å²) in [6.45, 7) is 6.38. The Balaban J connectivity index is 2.23. The molecular weight excluding hydrogens is 222 g/mol. The van der Waals surface area contributed by atoms with Crippen molar-refractivity contribution in [3.05, 3.63) is 11.1 Å². The van der Waals surface area contributed by atoms with E-state index in [0.717, 1.165) is 24.0 Å². The van der Waals surface area contributed by atoms with Crippen molar-refractivity contribution in [3.8, 4) is 0 Å². The van der Waals surface area contributed by atoms with E-state index < -0.39 is 0 Å². The second kappa shape index (κ2) is 4.62. The van der Waals surface area contributed by atoms with Crippen molar-refractivity contribution in [1.29, 1.82) is 0 Å². The van der Waals surface area contributed by atoms with Crippen molar-refractivity contribution in [1.82, 2.24) is 4.90 Å². The first-order valence-electron chi connectivity index (χ1n) is 3.90. The Morgan fingerprint density at radius 1 is 1.75 bits per heavy atom. The standard InChI is InChI=1S/C8H12BrNO2/c1-7(9)2-3-10-4-5-12-8(11)6-10/h1-6H2. The zero-order chi connectivity index (χ0) is 8.97. The van der Waals surface area contributed by atoms with E-state index in [2.05, 4.69) is 27.4 Å². The Hall–Kier alpha value is -0.350. The molecule has 0 saturated carbocycles. The van der Waals surface area contributed by atoms with E-state index in [-0.39, 0.29) is 5.97 Å². The third-order valence-corrected chi connectivity index (χ3v) is 2.12. The van der Waals surface area contributed by atoms with Gasteiger partial charge in [0.25, 0.3) is 0 Å². The van der Waals surface area contributed by atoms with E-state index in [4.69, 9.17) is 4.74 Å². The van der Waals surface area contributed by atoms with Crippen LogP contribution in [0.4, 0.5) is 0 Å². The quantitative estimate of drug-likeness (QED) is 0.686. The van der Waals surface area contributed by atoms with Crippen molar-refractivity contribution >= 4 is 21.9 Å². The highest BCUT2D eigenvalue weighted by atomic mass is 79.9. The Morgan fingerprint density at radius 3 is 3.08 bits per heavy atom. The monoisotopic (exact) mass is 233 g/mol. The lowest BCUT2D eigenvalue weighted by Gasteiger charge is -2.25. The van der Waals surface area contributed by atoms with Gasteiger partial charge in [-0.2, -0.15) is 0 Å². The normalized spacial score (nSPS) is 18.9. The number of esters is 1. The lowest BCUT2D eigenvalue weighted by atomic mass is 10.3. The van der Waals surface area contributed by atoms with Gasteiger partial charge in [0.2, 0.25) is 0 Å². The van der Waals surface area contributed by atoms with Gasteiger partial charge in [0.15, 0.2) is 0 Å². The minimum absolute atomic E-state index is 0.124. The van der Waals surface area contributed by atoms with Crippen LogP contribution in [-0.2, 0) is 9.53 Å². The third kappa shape index (κ3) is 3.36. The van der Waals surface area contributed by atoms with E-state index in [1.807, 2.05) is 0 Å². The number of rotatable bonds is 3. The van der Waals surface area contributed by atoms with Crippen LogP contribution in [0.2, 0.25) is 0 Å². The predicted octanol–water partition coefficient (Wildman–Crippen LogP) is 1.14. The summed E-state index contributed by atoms with van der Waals surface area (Å²) in [5.74, 6) is -0.124. The van der Waals surface area contributed by atoms with Gasteiger partial charge in [0.05, 0.1) is 6.54 Å². The van der Waals surface area contributed by atoms with Crippen molar-refractivity contribution in [2.45, 2.75) is 6.42 Å². The second-order valence-electron chi connectivity index (χ2n) is 2.76. The Morgan fingerprint density at radius 2 is 2.50 bits per heavy atom. The van der Waals surface area contributed by atoms with Gasteiger partial charge in [-0.15, -0.1) is 0 Å². The summed E-state index contributed by atoms with van der Waals surface area (Å²) in [5, 5.41) is 0. The molecule has 0 aliphatic carbocycles. The zero-order valence-electron chi connectivity index (χ0n) is 6.88. The molecule has 0 radical (unpaired) electrons. The molecule has 0 aromatic carbocycles. The number of hydrogen-bond acceptors (Lipinski definition) is 3. The number of halogens is 1. The van der Waals surface area contributed by atoms with Gasteiger partial charge < -0.3 is 4.74 Å². The highest BCUT2D eigenvalue weighted by molar-refractivity contribution is 9.11. The molecule has 68 valence electrons. The molecular formula is C8H12BrNO2. The largest absolute Gasteiger partial charge is 0.463 e. The number of nitrogens with zero attached hydrogens (tertiary/aromatic N) is 1. The summed E-state index contributed by atoms with van der Waals surface area (Å²) in [6, 6.07) is 0. The molecule has 1 fully saturated rings. The molecule has 0 spiro atoms. The first-order valence-corrected chi connectivity index (χ1v) is 4.69. The summed E-state index contributed by atoms with van der Waals surface area (Å²) in [5.41, 5.74) is 0. The zero-order valence-corrected chi connectivity index (χ0v) is 8.47. The molecule has 0 aromatic heterocycles. The van der Waals surface area contributed by atoms with Crippen LogP contribution in [0.25, 0.3) is 0 Å². The van der Waals surface area contributed by atoms with Crippen LogP contribution in [-0.4, -0.2) is 37.1 Å².